The standard InChI is InChI=1S/C18H20F2N2O3/c1-5-22-10(2)8-14(11(22)3)18(24)25-12(4)17(23)21-13-6-7-15(19)16(20)9-13/h6-9,12H,5H2,1-4H3,(H,21,23)/t12-/m0/s1. The van der Waals surface area contributed by atoms with Gasteiger partial charge in [0.25, 0.3) is 5.91 Å². The predicted octanol–water partition coefficient (Wildman–Crippen LogP) is 3.59. The smallest absolute Gasteiger partial charge is 0.340 e. The summed E-state index contributed by atoms with van der Waals surface area (Å²) in [6, 6.07) is 4.69. The van der Waals surface area contributed by atoms with Gasteiger partial charge in [0.1, 0.15) is 0 Å². The fourth-order valence-electron chi connectivity index (χ4n) is 2.59. The maximum Gasteiger partial charge on any atom is 0.340 e. The summed E-state index contributed by atoms with van der Waals surface area (Å²) in [6.07, 6.45) is -1.09. The van der Waals surface area contributed by atoms with Crippen LogP contribution in [0, 0.1) is 25.5 Å². The Balaban J connectivity index is 2.05. The SMILES string of the molecule is CCn1c(C)cc(C(=O)O[C@@H](C)C(=O)Nc2ccc(F)c(F)c2)c1C. The van der Waals surface area contributed by atoms with Crippen molar-refractivity contribution in [3.8, 4) is 0 Å². The van der Waals surface area contributed by atoms with E-state index in [1.807, 2.05) is 18.4 Å². The molecule has 1 atom stereocenters. The summed E-state index contributed by atoms with van der Waals surface area (Å²) in [7, 11) is 0. The Morgan fingerprint density at radius 1 is 1.20 bits per heavy atom. The average Bonchev–Trinajstić information content (AvgIpc) is 2.84. The largest absolute Gasteiger partial charge is 0.449 e. The van der Waals surface area contributed by atoms with E-state index in [-0.39, 0.29) is 5.69 Å². The van der Waals surface area contributed by atoms with E-state index < -0.39 is 29.6 Å². The van der Waals surface area contributed by atoms with Gasteiger partial charge >= 0.3 is 5.97 Å². The highest BCUT2D eigenvalue weighted by molar-refractivity contribution is 5.97. The van der Waals surface area contributed by atoms with Gasteiger partial charge in [-0.25, -0.2) is 13.6 Å². The van der Waals surface area contributed by atoms with Crippen molar-refractivity contribution in [1.82, 2.24) is 4.57 Å². The van der Waals surface area contributed by atoms with E-state index in [0.29, 0.717) is 5.56 Å². The maximum absolute atomic E-state index is 13.2. The second kappa shape index (κ2) is 7.46. The number of esters is 1. The molecule has 0 radical (unpaired) electrons. The molecule has 0 aliphatic carbocycles. The molecule has 5 nitrogen and oxygen atoms in total. The quantitative estimate of drug-likeness (QED) is 0.839. The minimum atomic E-state index is -1.09. The number of hydrogen-bond acceptors (Lipinski definition) is 3. The lowest BCUT2D eigenvalue weighted by atomic mass is 10.2. The van der Waals surface area contributed by atoms with Crippen LogP contribution in [0.15, 0.2) is 24.3 Å². The first-order chi connectivity index (χ1) is 11.7. The Labute approximate surface area is 144 Å². The second-order valence-electron chi connectivity index (χ2n) is 5.69. The number of nitrogens with zero attached hydrogens (tertiary/aromatic N) is 1. The third-order valence-electron chi connectivity index (χ3n) is 3.95. The first-order valence-electron chi connectivity index (χ1n) is 7.88. The molecule has 0 aliphatic rings. The van der Waals surface area contributed by atoms with Crippen molar-refractivity contribution in [2.24, 2.45) is 0 Å². The highest BCUT2D eigenvalue weighted by atomic mass is 19.2. The number of amides is 1. The molecule has 2 aromatic rings. The van der Waals surface area contributed by atoms with Crippen molar-refractivity contribution < 1.29 is 23.1 Å². The van der Waals surface area contributed by atoms with Crippen LogP contribution in [0.3, 0.4) is 0 Å². The fourth-order valence-corrected chi connectivity index (χ4v) is 2.59. The lowest BCUT2D eigenvalue weighted by Gasteiger charge is -2.14. The Bertz CT molecular complexity index is 815. The minimum absolute atomic E-state index is 0.0796. The lowest BCUT2D eigenvalue weighted by molar-refractivity contribution is -0.123. The third-order valence-corrected chi connectivity index (χ3v) is 3.95. The number of aromatic nitrogens is 1. The van der Waals surface area contributed by atoms with Gasteiger partial charge in [-0.1, -0.05) is 0 Å². The van der Waals surface area contributed by atoms with Gasteiger partial charge in [-0.05, 0) is 45.9 Å². The van der Waals surface area contributed by atoms with Gasteiger partial charge in [-0.15, -0.1) is 0 Å². The number of carbonyl (C=O) groups is 2. The number of halogens is 2. The second-order valence-corrected chi connectivity index (χ2v) is 5.69. The van der Waals surface area contributed by atoms with Gasteiger partial charge in [-0.2, -0.15) is 0 Å². The number of ether oxygens (including phenoxy) is 1. The van der Waals surface area contributed by atoms with Crippen LogP contribution in [0.4, 0.5) is 14.5 Å². The zero-order valence-corrected chi connectivity index (χ0v) is 14.5. The van der Waals surface area contributed by atoms with Gasteiger partial charge < -0.3 is 14.6 Å². The summed E-state index contributed by atoms with van der Waals surface area (Å²) in [5.74, 6) is -3.33. The summed E-state index contributed by atoms with van der Waals surface area (Å²) in [5, 5.41) is 2.38. The van der Waals surface area contributed by atoms with Crippen LogP contribution in [-0.4, -0.2) is 22.5 Å². The van der Waals surface area contributed by atoms with Crippen LogP contribution < -0.4 is 5.32 Å². The predicted molar refractivity (Wildman–Crippen MR) is 89.4 cm³/mol. The summed E-state index contributed by atoms with van der Waals surface area (Å²) in [4.78, 5) is 24.4. The molecule has 134 valence electrons. The van der Waals surface area contributed by atoms with Crippen LogP contribution in [0.5, 0.6) is 0 Å². The van der Waals surface area contributed by atoms with E-state index >= 15 is 0 Å². The van der Waals surface area contributed by atoms with Gasteiger partial charge in [0.15, 0.2) is 17.7 Å². The molecule has 1 heterocycles. The van der Waals surface area contributed by atoms with Crippen molar-refractivity contribution in [2.75, 3.05) is 5.32 Å². The molecule has 2 rings (SSSR count). The van der Waals surface area contributed by atoms with E-state index in [2.05, 4.69) is 5.32 Å². The summed E-state index contributed by atoms with van der Waals surface area (Å²) in [6.45, 7) is 7.78. The van der Waals surface area contributed by atoms with Crippen molar-refractivity contribution in [2.45, 2.75) is 40.3 Å². The molecular weight excluding hydrogens is 330 g/mol. The molecule has 1 N–H and O–H groups in total. The molecular formula is C18H20F2N2O3. The summed E-state index contributed by atoms with van der Waals surface area (Å²) >= 11 is 0. The molecule has 0 fully saturated rings. The highest BCUT2D eigenvalue weighted by Crippen LogP contribution is 2.18. The molecule has 7 heteroatoms. The maximum atomic E-state index is 13.2. The molecule has 1 aromatic carbocycles. The van der Waals surface area contributed by atoms with Crippen molar-refractivity contribution in [3.63, 3.8) is 0 Å². The van der Waals surface area contributed by atoms with Gasteiger partial charge in [-0.3, -0.25) is 4.79 Å². The van der Waals surface area contributed by atoms with E-state index in [1.54, 1.807) is 13.0 Å². The van der Waals surface area contributed by atoms with E-state index in [1.165, 1.54) is 13.0 Å². The number of nitrogens with one attached hydrogen (secondary N) is 1. The zero-order valence-electron chi connectivity index (χ0n) is 14.5. The first-order valence-corrected chi connectivity index (χ1v) is 7.88. The van der Waals surface area contributed by atoms with Crippen LogP contribution >= 0.6 is 0 Å². The van der Waals surface area contributed by atoms with E-state index in [9.17, 15) is 18.4 Å². The van der Waals surface area contributed by atoms with Gasteiger partial charge in [0.05, 0.1) is 5.56 Å². The number of aryl methyl sites for hydroxylation is 1. The van der Waals surface area contributed by atoms with Crippen molar-refractivity contribution in [1.29, 1.82) is 0 Å². The van der Waals surface area contributed by atoms with Crippen LogP contribution in [0.1, 0.15) is 35.6 Å². The molecule has 1 amide bonds. The number of hydrogen-bond donors (Lipinski definition) is 1. The molecule has 25 heavy (non-hydrogen) atoms. The molecule has 0 saturated carbocycles. The lowest BCUT2D eigenvalue weighted by Crippen LogP contribution is -2.30. The number of anilines is 1. The van der Waals surface area contributed by atoms with Gasteiger partial charge in [0, 0.05) is 29.7 Å². The number of rotatable bonds is 5. The van der Waals surface area contributed by atoms with Crippen molar-refractivity contribution >= 4 is 17.6 Å². The normalized spacial score (nSPS) is 11.9. The number of benzene rings is 1. The summed E-state index contributed by atoms with van der Waals surface area (Å²) in [5.41, 5.74) is 2.16. The molecule has 1 aromatic heterocycles. The average molecular weight is 350 g/mol. The molecule has 0 saturated heterocycles. The Morgan fingerprint density at radius 3 is 2.44 bits per heavy atom. The van der Waals surface area contributed by atoms with Crippen LogP contribution in [0.25, 0.3) is 0 Å². The fraction of sp³-hybridized carbons (Fsp3) is 0.333. The Hall–Kier alpha value is -2.70. The monoisotopic (exact) mass is 350 g/mol. The molecule has 0 spiro atoms. The van der Waals surface area contributed by atoms with Crippen molar-refractivity contribution in [3.05, 3.63) is 52.9 Å². The van der Waals surface area contributed by atoms with E-state index in [4.69, 9.17) is 4.74 Å². The summed E-state index contributed by atoms with van der Waals surface area (Å²) < 4.78 is 33.2. The van der Waals surface area contributed by atoms with Gasteiger partial charge in [0.2, 0.25) is 0 Å². The Kier molecular flexibility index (Phi) is 5.56. The molecule has 0 bridgehead atoms. The molecule has 0 aliphatic heterocycles. The zero-order chi connectivity index (χ0) is 18.7. The van der Waals surface area contributed by atoms with Crippen LogP contribution in [0.2, 0.25) is 0 Å². The Morgan fingerprint density at radius 2 is 1.88 bits per heavy atom. The minimum Gasteiger partial charge on any atom is -0.449 e. The number of carbonyl (C=O) groups excluding carboxylic acids is 2. The first kappa shape index (κ1) is 18.6. The van der Waals surface area contributed by atoms with Crippen LogP contribution in [-0.2, 0) is 16.1 Å². The third kappa shape index (κ3) is 4.04. The van der Waals surface area contributed by atoms with E-state index in [0.717, 1.165) is 30.1 Å². The topological polar surface area (TPSA) is 60.3 Å². The molecule has 0 unspecified atom stereocenters. The highest BCUT2D eigenvalue weighted by Gasteiger charge is 2.22.